The van der Waals surface area contributed by atoms with Crippen LogP contribution >= 0.6 is 11.8 Å². The second kappa shape index (κ2) is 8.13. The van der Waals surface area contributed by atoms with Crippen LogP contribution in [0, 0.1) is 0 Å². The summed E-state index contributed by atoms with van der Waals surface area (Å²) in [5.74, 6) is -0.107. The molecule has 18 heavy (non-hydrogen) atoms. The van der Waals surface area contributed by atoms with E-state index in [1.165, 1.54) is 7.11 Å². The van der Waals surface area contributed by atoms with E-state index in [-0.39, 0.29) is 12.5 Å². The summed E-state index contributed by atoms with van der Waals surface area (Å²) < 4.78 is 4.82. The van der Waals surface area contributed by atoms with Crippen LogP contribution in [0.2, 0.25) is 0 Å². The second-order valence-corrected chi connectivity index (χ2v) is 4.70. The number of ether oxygens (including phenoxy) is 1. The lowest BCUT2D eigenvalue weighted by Gasteiger charge is -2.11. The van der Waals surface area contributed by atoms with Gasteiger partial charge in [-0.15, -0.1) is 11.8 Å². The Kier molecular flexibility index (Phi) is 6.78. The zero-order valence-corrected chi connectivity index (χ0v) is 11.5. The molecule has 0 radical (unpaired) electrons. The van der Waals surface area contributed by atoms with Gasteiger partial charge in [0.2, 0.25) is 0 Å². The van der Waals surface area contributed by atoms with E-state index >= 15 is 0 Å². The fraction of sp³-hybridized carbons (Fsp3) is 0.462. The lowest BCUT2D eigenvalue weighted by molar-refractivity contribution is 0.0587. The van der Waals surface area contributed by atoms with Gasteiger partial charge >= 0.3 is 0 Å². The summed E-state index contributed by atoms with van der Waals surface area (Å²) in [5.41, 5.74) is 0.672. The number of aliphatic hydroxyl groups excluding tert-OH is 1. The lowest BCUT2D eigenvalue weighted by Crippen LogP contribution is -2.28. The van der Waals surface area contributed by atoms with E-state index in [2.05, 4.69) is 5.32 Å². The maximum Gasteiger partial charge on any atom is 0.252 e. The van der Waals surface area contributed by atoms with Crippen LogP contribution in [-0.2, 0) is 4.74 Å². The number of hydrogen-bond donors (Lipinski definition) is 2. The first-order valence-electron chi connectivity index (χ1n) is 5.77. The van der Waals surface area contributed by atoms with Gasteiger partial charge in [-0.1, -0.05) is 12.1 Å². The minimum Gasteiger partial charge on any atom is -0.391 e. The second-order valence-electron chi connectivity index (χ2n) is 3.85. The van der Waals surface area contributed by atoms with E-state index in [0.29, 0.717) is 18.5 Å². The van der Waals surface area contributed by atoms with Gasteiger partial charge in [0.1, 0.15) is 0 Å². The molecule has 0 heterocycles. The monoisotopic (exact) mass is 269 g/mol. The fourth-order valence-electron chi connectivity index (χ4n) is 1.56. The van der Waals surface area contributed by atoms with Gasteiger partial charge in [0.05, 0.1) is 18.3 Å². The summed E-state index contributed by atoms with van der Waals surface area (Å²) >= 11 is 1.54. The van der Waals surface area contributed by atoms with Crippen LogP contribution in [0.15, 0.2) is 29.2 Å². The Morgan fingerprint density at radius 3 is 2.89 bits per heavy atom. The lowest BCUT2D eigenvalue weighted by atomic mass is 10.2. The number of carbonyl (C=O) groups is 1. The van der Waals surface area contributed by atoms with Crippen molar-refractivity contribution >= 4 is 17.7 Å². The molecule has 0 fully saturated rings. The highest BCUT2D eigenvalue weighted by atomic mass is 32.2. The van der Waals surface area contributed by atoms with Crippen molar-refractivity contribution in [2.45, 2.75) is 17.4 Å². The van der Waals surface area contributed by atoms with Gasteiger partial charge in [-0.3, -0.25) is 4.79 Å². The van der Waals surface area contributed by atoms with Crippen molar-refractivity contribution in [3.63, 3.8) is 0 Å². The van der Waals surface area contributed by atoms with Gasteiger partial charge in [0.25, 0.3) is 5.91 Å². The highest BCUT2D eigenvalue weighted by Gasteiger charge is 2.10. The van der Waals surface area contributed by atoms with Crippen molar-refractivity contribution in [2.75, 3.05) is 26.5 Å². The topological polar surface area (TPSA) is 58.6 Å². The Bertz CT molecular complexity index is 384. The quantitative estimate of drug-likeness (QED) is 0.737. The van der Waals surface area contributed by atoms with E-state index in [9.17, 15) is 9.90 Å². The van der Waals surface area contributed by atoms with E-state index in [4.69, 9.17) is 4.74 Å². The van der Waals surface area contributed by atoms with E-state index in [0.717, 1.165) is 4.90 Å². The number of thioether (sulfide) groups is 1. The number of carbonyl (C=O) groups excluding carboxylic acids is 1. The normalized spacial score (nSPS) is 12.2. The molecule has 5 heteroatoms. The molecule has 0 aromatic heterocycles. The number of aliphatic hydroxyl groups is 1. The molecule has 0 spiro atoms. The number of hydrogen-bond acceptors (Lipinski definition) is 4. The van der Waals surface area contributed by atoms with Gasteiger partial charge in [-0.05, 0) is 24.8 Å². The molecule has 0 saturated heterocycles. The zero-order valence-electron chi connectivity index (χ0n) is 10.7. The molecular formula is C13H19NO3S. The summed E-state index contributed by atoms with van der Waals surface area (Å²) in [6.07, 6.45) is 1.89. The van der Waals surface area contributed by atoms with Crippen LogP contribution in [0.25, 0.3) is 0 Å². The predicted octanol–water partition coefficient (Wildman–Crippen LogP) is 1.54. The molecule has 0 saturated carbocycles. The summed E-state index contributed by atoms with van der Waals surface area (Å²) in [7, 11) is 1.54. The Morgan fingerprint density at radius 1 is 1.50 bits per heavy atom. The molecule has 4 nitrogen and oxygen atoms in total. The SMILES string of the molecule is COCC(O)CCNC(=O)c1ccccc1SC. The number of methoxy groups -OCH3 is 1. The Hall–Kier alpha value is -1.04. The summed E-state index contributed by atoms with van der Waals surface area (Å²) in [6, 6.07) is 7.46. The third-order valence-electron chi connectivity index (χ3n) is 2.47. The van der Waals surface area contributed by atoms with Crippen molar-refractivity contribution in [2.24, 2.45) is 0 Å². The van der Waals surface area contributed by atoms with Crippen LogP contribution in [-0.4, -0.2) is 43.6 Å². The fourth-order valence-corrected chi connectivity index (χ4v) is 2.15. The molecule has 1 aromatic carbocycles. The first-order valence-corrected chi connectivity index (χ1v) is 6.99. The average molecular weight is 269 g/mol. The van der Waals surface area contributed by atoms with Gasteiger partial charge in [-0.2, -0.15) is 0 Å². The van der Waals surface area contributed by atoms with Crippen LogP contribution in [0.4, 0.5) is 0 Å². The van der Waals surface area contributed by atoms with Crippen molar-refractivity contribution in [1.82, 2.24) is 5.32 Å². The summed E-state index contributed by atoms with van der Waals surface area (Å²) in [4.78, 5) is 12.9. The zero-order chi connectivity index (χ0) is 13.4. The molecule has 0 aliphatic heterocycles. The van der Waals surface area contributed by atoms with Crippen molar-refractivity contribution in [1.29, 1.82) is 0 Å². The Labute approximate surface area is 112 Å². The van der Waals surface area contributed by atoms with Crippen LogP contribution in [0.1, 0.15) is 16.8 Å². The van der Waals surface area contributed by atoms with E-state index in [1.54, 1.807) is 17.8 Å². The number of amides is 1. The van der Waals surface area contributed by atoms with Crippen molar-refractivity contribution in [3.05, 3.63) is 29.8 Å². The van der Waals surface area contributed by atoms with Gasteiger partial charge in [-0.25, -0.2) is 0 Å². The average Bonchev–Trinajstić information content (AvgIpc) is 2.38. The van der Waals surface area contributed by atoms with Crippen molar-refractivity contribution < 1.29 is 14.6 Å². The maximum atomic E-state index is 11.9. The molecule has 0 aliphatic rings. The number of rotatable bonds is 7. The van der Waals surface area contributed by atoms with E-state index < -0.39 is 6.10 Å². The molecule has 1 aromatic rings. The van der Waals surface area contributed by atoms with Crippen LogP contribution < -0.4 is 5.32 Å². The first-order chi connectivity index (χ1) is 8.69. The molecule has 1 unspecified atom stereocenters. The molecule has 0 aliphatic carbocycles. The molecule has 100 valence electrons. The predicted molar refractivity (Wildman–Crippen MR) is 73.1 cm³/mol. The third kappa shape index (κ3) is 4.68. The highest BCUT2D eigenvalue weighted by molar-refractivity contribution is 7.98. The van der Waals surface area contributed by atoms with Crippen LogP contribution in [0.3, 0.4) is 0 Å². The molecule has 0 bridgehead atoms. The smallest absolute Gasteiger partial charge is 0.252 e. The molecule has 2 N–H and O–H groups in total. The summed E-state index contributed by atoms with van der Waals surface area (Å²) in [6.45, 7) is 0.726. The number of benzene rings is 1. The van der Waals surface area contributed by atoms with E-state index in [1.807, 2.05) is 24.5 Å². The minimum absolute atomic E-state index is 0.107. The molecular weight excluding hydrogens is 250 g/mol. The Balaban J connectivity index is 2.45. The molecule has 1 amide bonds. The third-order valence-corrected chi connectivity index (χ3v) is 3.27. The molecule has 1 atom stereocenters. The minimum atomic E-state index is -0.536. The van der Waals surface area contributed by atoms with Crippen LogP contribution in [0.5, 0.6) is 0 Å². The van der Waals surface area contributed by atoms with Crippen molar-refractivity contribution in [3.8, 4) is 0 Å². The summed E-state index contributed by atoms with van der Waals surface area (Å²) in [5, 5.41) is 12.2. The highest BCUT2D eigenvalue weighted by Crippen LogP contribution is 2.19. The largest absolute Gasteiger partial charge is 0.391 e. The standard InChI is InChI=1S/C13H19NO3S/c1-17-9-10(15)7-8-14-13(16)11-5-3-4-6-12(11)18-2/h3-6,10,15H,7-9H2,1-2H3,(H,14,16). The Morgan fingerprint density at radius 2 is 2.22 bits per heavy atom. The first kappa shape index (κ1) is 15.0. The molecule has 1 rings (SSSR count). The van der Waals surface area contributed by atoms with Gasteiger partial charge in [0, 0.05) is 18.6 Å². The van der Waals surface area contributed by atoms with Gasteiger partial charge < -0.3 is 15.2 Å². The number of nitrogens with one attached hydrogen (secondary N) is 1. The van der Waals surface area contributed by atoms with Gasteiger partial charge in [0.15, 0.2) is 0 Å². The maximum absolute atomic E-state index is 11.9.